The van der Waals surface area contributed by atoms with Crippen molar-refractivity contribution in [2.24, 2.45) is 0 Å². The first-order valence-corrected chi connectivity index (χ1v) is 8.62. The predicted octanol–water partition coefficient (Wildman–Crippen LogP) is 2.69. The van der Waals surface area contributed by atoms with Crippen LogP contribution >= 0.6 is 11.3 Å². The molecule has 1 saturated heterocycles. The fraction of sp³-hybridized carbons (Fsp3) is 0.294. The molecule has 1 unspecified atom stereocenters. The molecule has 1 aliphatic rings. The van der Waals surface area contributed by atoms with E-state index in [1.807, 2.05) is 31.2 Å². The van der Waals surface area contributed by atoms with Crippen LogP contribution in [0.5, 0.6) is 5.88 Å². The van der Waals surface area contributed by atoms with Gasteiger partial charge in [0, 0.05) is 25.2 Å². The van der Waals surface area contributed by atoms with Crippen LogP contribution in [0.3, 0.4) is 0 Å². The first-order valence-electron chi connectivity index (χ1n) is 7.80. The van der Waals surface area contributed by atoms with Crippen LogP contribution in [-0.4, -0.2) is 45.0 Å². The van der Waals surface area contributed by atoms with Crippen LogP contribution in [-0.2, 0) is 0 Å². The molecular weight excluding hydrogens is 324 g/mol. The predicted molar refractivity (Wildman–Crippen MR) is 91.3 cm³/mol. The minimum atomic E-state index is -0.0439. The van der Waals surface area contributed by atoms with E-state index in [1.165, 1.54) is 11.3 Å². The Morgan fingerprint density at radius 3 is 3.00 bits per heavy atom. The second kappa shape index (κ2) is 6.16. The van der Waals surface area contributed by atoms with Gasteiger partial charge in [-0.1, -0.05) is 12.1 Å². The number of nitrogens with zero attached hydrogens (tertiary/aromatic N) is 4. The second-order valence-corrected chi connectivity index (χ2v) is 6.74. The summed E-state index contributed by atoms with van der Waals surface area (Å²) in [4.78, 5) is 27.2. The van der Waals surface area contributed by atoms with Gasteiger partial charge < -0.3 is 9.64 Å². The minimum Gasteiger partial charge on any atom is -0.472 e. The molecule has 3 heterocycles. The lowest BCUT2D eigenvalue weighted by atomic mass is 10.3. The summed E-state index contributed by atoms with van der Waals surface area (Å²) in [5, 5.41) is 0.537. The summed E-state index contributed by atoms with van der Waals surface area (Å²) in [5.41, 5.74) is 0.870. The van der Waals surface area contributed by atoms with Gasteiger partial charge in [0.05, 0.1) is 16.8 Å². The average Bonchev–Trinajstić information content (AvgIpc) is 3.20. The molecule has 1 aliphatic heterocycles. The number of carbonyl (C=O) groups excluding carboxylic acids is 1. The highest BCUT2D eigenvalue weighted by Gasteiger charge is 2.30. The molecule has 6 nitrogen and oxygen atoms in total. The molecule has 0 saturated carbocycles. The van der Waals surface area contributed by atoms with E-state index in [4.69, 9.17) is 4.74 Å². The number of ether oxygens (including phenoxy) is 1. The van der Waals surface area contributed by atoms with Crippen molar-refractivity contribution in [3.8, 4) is 5.88 Å². The van der Waals surface area contributed by atoms with Crippen molar-refractivity contribution in [2.75, 3.05) is 13.1 Å². The van der Waals surface area contributed by atoms with Crippen LogP contribution in [0.4, 0.5) is 0 Å². The third kappa shape index (κ3) is 2.94. The van der Waals surface area contributed by atoms with E-state index < -0.39 is 0 Å². The molecule has 7 heteroatoms. The Hall–Kier alpha value is -2.54. The van der Waals surface area contributed by atoms with Gasteiger partial charge in [0.1, 0.15) is 11.9 Å². The number of likely N-dealkylation sites (tertiary alicyclic amines) is 1. The van der Waals surface area contributed by atoms with Crippen molar-refractivity contribution >= 4 is 27.5 Å². The van der Waals surface area contributed by atoms with E-state index in [-0.39, 0.29) is 12.0 Å². The van der Waals surface area contributed by atoms with Gasteiger partial charge in [0.2, 0.25) is 5.88 Å². The molecule has 24 heavy (non-hydrogen) atoms. The standard InChI is InChI=1S/C17H16N4O2S/c1-11-18-8-6-15(19-11)23-12-7-9-21(10-12)17(22)16-20-13-4-2-3-5-14(13)24-16/h2-6,8,12H,7,9-10H2,1H3. The zero-order valence-corrected chi connectivity index (χ0v) is 14.0. The molecule has 1 amide bonds. The number of fused-ring (bicyclic) bond motifs is 1. The summed E-state index contributed by atoms with van der Waals surface area (Å²) >= 11 is 1.44. The number of hydrogen-bond acceptors (Lipinski definition) is 6. The lowest BCUT2D eigenvalue weighted by molar-refractivity contribution is 0.0771. The molecule has 4 rings (SSSR count). The summed E-state index contributed by atoms with van der Waals surface area (Å²) in [6.07, 6.45) is 2.42. The fourth-order valence-corrected chi connectivity index (χ4v) is 3.71. The maximum absolute atomic E-state index is 12.7. The maximum atomic E-state index is 12.7. The quantitative estimate of drug-likeness (QED) is 0.733. The Bertz CT molecular complexity index is 862. The number of benzene rings is 1. The van der Waals surface area contributed by atoms with Gasteiger partial charge in [-0.3, -0.25) is 4.79 Å². The van der Waals surface area contributed by atoms with Crippen LogP contribution < -0.4 is 4.74 Å². The van der Waals surface area contributed by atoms with Crippen molar-refractivity contribution in [1.29, 1.82) is 0 Å². The molecule has 0 bridgehead atoms. The number of carbonyl (C=O) groups is 1. The number of para-hydroxylation sites is 1. The zero-order valence-electron chi connectivity index (χ0n) is 13.2. The molecule has 0 radical (unpaired) electrons. The van der Waals surface area contributed by atoms with E-state index in [0.29, 0.717) is 29.8 Å². The van der Waals surface area contributed by atoms with E-state index in [0.717, 1.165) is 16.6 Å². The van der Waals surface area contributed by atoms with Crippen molar-refractivity contribution in [3.05, 3.63) is 47.4 Å². The average molecular weight is 340 g/mol. The lowest BCUT2D eigenvalue weighted by Crippen LogP contribution is -2.30. The molecule has 0 spiro atoms. The molecule has 2 aromatic heterocycles. The van der Waals surface area contributed by atoms with Gasteiger partial charge >= 0.3 is 0 Å². The summed E-state index contributed by atoms with van der Waals surface area (Å²) in [5.74, 6) is 1.20. The highest BCUT2D eigenvalue weighted by atomic mass is 32.1. The first kappa shape index (κ1) is 15.0. The highest BCUT2D eigenvalue weighted by molar-refractivity contribution is 7.20. The zero-order chi connectivity index (χ0) is 16.5. The molecule has 0 aliphatic carbocycles. The lowest BCUT2D eigenvalue weighted by Gasteiger charge is -2.15. The van der Waals surface area contributed by atoms with E-state index >= 15 is 0 Å². The Kier molecular flexibility index (Phi) is 3.86. The van der Waals surface area contributed by atoms with Gasteiger partial charge in [-0.2, -0.15) is 4.98 Å². The van der Waals surface area contributed by atoms with Gasteiger partial charge in [-0.05, 0) is 19.1 Å². The summed E-state index contributed by atoms with van der Waals surface area (Å²) in [7, 11) is 0. The van der Waals surface area contributed by atoms with Crippen LogP contribution in [0.15, 0.2) is 36.5 Å². The summed E-state index contributed by atoms with van der Waals surface area (Å²) in [6, 6.07) is 9.54. The minimum absolute atomic E-state index is 0.0267. The van der Waals surface area contributed by atoms with Crippen LogP contribution in [0.25, 0.3) is 10.2 Å². The second-order valence-electron chi connectivity index (χ2n) is 5.71. The Balaban J connectivity index is 1.45. The number of aryl methyl sites for hydroxylation is 1. The Labute approximate surface area is 143 Å². The van der Waals surface area contributed by atoms with Crippen molar-refractivity contribution < 1.29 is 9.53 Å². The number of thiazole rings is 1. The van der Waals surface area contributed by atoms with E-state index in [1.54, 1.807) is 17.2 Å². The SMILES string of the molecule is Cc1nccc(OC2CCN(C(=O)c3nc4ccccc4s3)C2)n1. The molecule has 1 atom stereocenters. The monoisotopic (exact) mass is 340 g/mol. The number of hydrogen-bond donors (Lipinski definition) is 0. The van der Waals surface area contributed by atoms with Gasteiger partial charge in [-0.25, -0.2) is 9.97 Å². The normalized spacial score (nSPS) is 17.4. The Morgan fingerprint density at radius 1 is 1.29 bits per heavy atom. The Morgan fingerprint density at radius 2 is 2.17 bits per heavy atom. The molecule has 0 N–H and O–H groups in total. The first-order chi connectivity index (χ1) is 11.7. The van der Waals surface area contributed by atoms with Gasteiger partial charge in [0.15, 0.2) is 5.01 Å². The van der Waals surface area contributed by atoms with E-state index in [2.05, 4.69) is 15.0 Å². The number of rotatable bonds is 3. The smallest absolute Gasteiger partial charge is 0.283 e. The van der Waals surface area contributed by atoms with Crippen molar-refractivity contribution in [2.45, 2.75) is 19.4 Å². The maximum Gasteiger partial charge on any atom is 0.283 e. The molecular formula is C17H16N4O2S. The number of amides is 1. The summed E-state index contributed by atoms with van der Waals surface area (Å²) < 4.78 is 6.90. The fourth-order valence-electron chi connectivity index (χ4n) is 2.78. The third-order valence-corrected chi connectivity index (χ3v) is 4.97. The highest BCUT2D eigenvalue weighted by Crippen LogP contribution is 2.24. The van der Waals surface area contributed by atoms with Gasteiger partial charge in [-0.15, -0.1) is 11.3 Å². The van der Waals surface area contributed by atoms with Crippen LogP contribution in [0.2, 0.25) is 0 Å². The molecule has 1 aromatic carbocycles. The van der Waals surface area contributed by atoms with Crippen LogP contribution in [0, 0.1) is 6.92 Å². The summed E-state index contributed by atoms with van der Waals surface area (Å²) in [6.45, 7) is 3.05. The third-order valence-electron chi connectivity index (χ3n) is 3.95. The molecule has 3 aromatic rings. The van der Waals surface area contributed by atoms with Crippen LogP contribution in [0.1, 0.15) is 22.0 Å². The molecule has 1 fully saturated rings. The molecule has 122 valence electrons. The topological polar surface area (TPSA) is 68.2 Å². The van der Waals surface area contributed by atoms with E-state index in [9.17, 15) is 4.79 Å². The largest absolute Gasteiger partial charge is 0.472 e. The van der Waals surface area contributed by atoms with Crippen molar-refractivity contribution in [3.63, 3.8) is 0 Å². The van der Waals surface area contributed by atoms with Crippen molar-refractivity contribution in [1.82, 2.24) is 19.9 Å². The number of aromatic nitrogens is 3. The van der Waals surface area contributed by atoms with Gasteiger partial charge in [0.25, 0.3) is 5.91 Å².